The predicted molar refractivity (Wildman–Crippen MR) is 75.9 cm³/mol. The van der Waals surface area contributed by atoms with Crippen LogP contribution in [0.25, 0.3) is 0 Å². The lowest BCUT2D eigenvalue weighted by atomic mass is 10.1. The van der Waals surface area contributed by atoms with Crippen molar-refractivity contribution < 1.29 is 4.74 Å². The van der Waals surface area contributed by atoms with Crippen LogP contribution < -0.4 is 5.32 Å². The molecule has 0 aromatic heterocycles. The first-order chi connectivity index (χ1) is 8.78. The highest BCUT2D eigenvalue weighted by atomic mass is 35.5. The Morgan fingerprint density at radius 1 is 1.06 bits per heavy atom. The molecule has 0 heterocycles. The van der Waals surface area contributed by atoms with Gasteiger partial charge < -0.3 is 10.1 Å². The van der Waals surface area contributed by atoms with Gasteiger partial charge in [0.15, 0.2) is 0 Å². The first-order valence-corrected chi connectivity index (χ1v) is 6.22. The Hall–Kier alpha value is -1.51. The van der Waals surface area contributed by atoms with E-state index in [1.165, 1.54) is 11.1 Å². The molecule has 0 bridgehead atoms. The fraction of sp³-hybridized carbons (Fsp3) is 0.200. The van der Waals surface area contributed by atoms with E-state index in [4.69, 9.17) is 16.3 Å². The molecule has 0 radical (unpaired) electrons. The van der Waals surface area contributed by atoms with Gasteiger partial charge in [0.05, 0.1) is 6.61 Å². The Morgan fingerprint density at radius 2 is 1.83 bits per heavy atom. The molecular weight excluding hydrogens is 246 g/mol. The summed E-state index contributed by atoms with van der Waals surface area (Å²) in [6.45, 7) is 1.42. The topological polar surface area (TPSA) is 21.3 Å². The van der Waals surface area contributed by atoms with Crippen LogP contribution in [0.4, 0.5) is 5.69 Å². The molecule has 0 fully saturated rings. The van der Waals surface area contributed by atoms with E-state index in [2.05, 4.69) is 23.5 Å². The van der Waals surface area contributed by atoms with Gasteiger partial charge in [-0.3, -0.25) is 0 Å². The van der Waals surface area contributed by atoms with Crippen molar-refractivity contribution in [3.63, 3.8) is 0 Å². The minimum absolute atomic E-state index is 0.644. The second kappa shape index (κ2) is 6.43. The lowest BCUT2D eigenvalue weighted by molar-refractivity contribution is 0.185. The maximum atomic E-state index is 5.94. The van der Waals surface area contributed by atoms with Gasteiger partial charge in [-0.25, -0.2) is 0 Å². The van der Waals surface area contributed by atoms with Gasteiger partial charge in [-0.15, -0.1) is 0 Å². The number of ether oxygens (including phenoxy) is 1. The third-order valence-electron chi connectivity index (χ3n) is 2.62. The molecule has 0 atom stereocenters. The van der Waals surface area contributed by atoms with E-state index in [9.17, 15) is 0 Å². The summed E-state index contributed by atoms with van der Waals surface area (Å²) in [4.78, 5) is 0. The molecule has 0 aliphatic carbocycles. The van der Waals surface area contributed by atoms with E-state index in [1.807, 2.05) is 30.3 Å². The van der Waals surface area contributed by atoms with Gasteiger partial charge in [0.25, 0.3) is 0 Å². The molecule has 0 aliphatic rings. The quantitative estimate of drug-likeness (QED) is 0.875. The summed E-state index contributed by atoms with van der Waals surface area (Å²) in [5, 5.41) is 4.09. The molecule has 2 rings (SSSR count). The molecule has 0 saturated heterocycles. The Labute approximate surface area is 113 Å². The molecule has 0 aliphatic heterocycles. The number of hydrogen-bond donors (Lipinski definition) is 1. The number of halogens is 1. The maximum absolute atomic E-state index is 5.94. The van der Waals surface area contributed by atoms with Crippen molar-refractivity contribution in [3.05, 3.63) is 64.7 Å². The standard InChI is InChI=1S/C15H16ClNO/c1-18-11-13-5-2-4-12(8-13)10-17-15-7-3-6-14(16)9-15/h2-9,17H,10-11H2,1H3. The molecule has 0 spiro atoms. The van der Waals surface area contributed by atoms with Crippen LogP contribution in [0.3, 0.4) is 0 Å². The van der Waals surface area contributed by atoms with Crippen molar-refractivity contribution in [2.75, 3.05) is 12.4 Å². The van der Waals surface area contributed by atoms with E-state index >= 15 is 0 Å². The third kappa shape index (κ3) is 3.76. The molecule has 94 valence electrons. The van der Waals surface area contributed by atoms with Crippen molar-refractivity contribution >= 4 is 17.3 Å². The van der Waals surface area contributed by atoms with Crippen LogP contribution in [0.5, 0.6) is 0 Å². The second-order valence-corrected chi connectivity index (χ2v) is 4.55. The van der Waals surface area contributed by atoms with Gasteiger partial charge in [-0.1, -0.05) is 41.9 Å². The molecular formula is C15H16ClNO. The summed E-state index contributed by atoms with van der Waals surface area (Å²) in [6, 6.07) is 16.1. The van der Waals surface area contributed by atoms with Crippen LogP contribution in [0.2, 0.25) is 5.02 Å². The molecule has 2 aromatic rings. The summed E-state index contributed by atoms with van der Waals surface area (Å²) >= 11 is 5.94. The SMILES string of the molecule is COCc1cccc(CNc2cccc(Cl)c2)c1. The molecule has 18 heavy (non-hydrogen) atoms. The number of hydrogen-bond acceptors (Lipinski definition) is 2. The smallest absolute Gasteiger partial charge is 0.0713 e. The fourth-order valence-electron chi connectivity index (χ4n) is 1.80. The highest BCUT2D eigenvalue weighted by Crippen LogP contribution is 2.16. The summed E-state index contributed by atoms with van der Waals surface area (Å²) in [7, 11) is 1.71. The maximum Gasteiger partial charge on any atom is 0.0713 e. The van der Waals surface area contributed by atoms with Crippen LogP contribution in [0.15, 0.2) is 48.5 Å². The van der Waals surface area contributed by atoms with Crippen molar-refractivity contribution in [2.45, 2.75) is 13.2 Å². The molecule has 0 unspecified atom stereocenters. The Balaban J connectivity index is 1.99. The highest BCUT2D eigenvalue weighted by Gasteiger charge is 1.97. The zero-order valence-corrected chi connectivity index (χ0v) is 11.1. The first-order valence-electron chi connectivity index (χ1n) is 5.84. The molecule has 1 N–H and O–H groups in total. The van der Waals surface area contributed by atoms with Gasteiger partial charge in [-0.05, 0) is 29.3 Å². The van der Waals surface area contributed by atoms with Gasteiger partial charge in [0.2, 0.25) is 0 Å². The van der Waals surface area contributed by atoms with Crippen molar-refractivity contribution in [3.8, 4) is 0 Å². The minimum atomic E-state index is 0.644. The van der Waals surface area contributed by atoms with E-state index in [-0.39, 0.29) is 0 Å². The summed E-state index contributed by atoms with van der Waals surface area (Å²) in [5.74, 6) is 0. The van der Waals surface area contributed by atoms with Gasteiger partial charge in [0.1, 0.15) is 0 Å². The number of methoxy groups -OCH3 is 1. The number of rotatable bonds is 5. The van der Waals surface area contributed by atoms with Crippen molar-refractivity contribution in [1.82, 2.24) is 0 Å². The monoisotopic (exact) mass is 261 g/mol. The van der Waals surface area contributed by atoms with Crippen LogP contribution in [0.1, 0.15) is 11.1 Å². The third-order valence-corrected chi connectivity index (χ3v) is 2.86. The lowest BCUT2D eigenvalue weighted by Gasteiger charge is -2.08. The zero-order valence-electron chi connectivity index (χ0n) is 10.3. The molecule has 0 saturated carbocycles. The number of nitrogens with one attached hydrogen (secondary N) is 1. The van der Waals surface area contributed by atoms with E-state index in [0.29, 0.717) is 6.61 Å². The highest BCUT2D eigenvalue weighted by molar-refractivity contribution is 6.30. The molecule has 0 amide bonds. The van der Waals surface area contributed by atoms with Gasteiger partial charge >= 0.3 is 0 Å². The van der Waals surface area contributed by atoms with Crippen LogP contribution in [-0.4, -0.2) is 7.11 Å². The van der Waals surface area contributed by atoms with Crippen LogP contribution in [-0.2, 0) is 17.9 Å². The number of anilines is 1. The van der Waals surface area contributed by atoms with E-state index in [0.717, 1.165) is 17.3 Å². The van der Waals surface area contributed by atoms with Crippen LogP contribution in [0, 0.1) is 0 Å². The fourth-order valence-corrected chi connectivity index (χ4v) is 1.99. The summed E-state index contributed by atoms with van der Waals surface area (Å²) in [6.07, 6.45) is 0. The minimum Gasteiger partial charge on any atom is -0.381 e. The Kier molecular flexibility index (Phi) is 4.62. The van der Waals surface area contributed by atoms with Crippen molar-refractivity contribution in [2.24, 2.45) is 0 Å². The molecule has 3 heteroatoms. The second-order valence-electron chi connectivity index (χ2n) is 4.12. The van der Waals surface area contributed by atoms with E-state index in [1.54, 1.807) is 7.11 Å². The average Bonchev–Trinajstić information content (AvgIpc) is 2.37. The molecule has 2 nitrogen and oxygen atoms in total. The van der Waals surface area contributed by atoms with Gasteiger partial charge in [0, 0.05) is 24.4 Å². The lowest BCUT2D eigenvalue weighted by Crippen LogP contribution is -2.00. The van der Waals surface area contributed by atoms with Crippen LogP contribution >= 0.6 is 11.6 Å². The summed E-state index contributed by atoms with van der Waals surface area (Å²) < 4.78 is 5.12. The first kappa shape index (κ1) is 12.9. The normalized spacial score (nSPS) is 10.3. The average molecular weight is 262 g/mol. The molecule has 2 aromatic carbocycles. The summed E-state index contributed by atoms with van der Waals surface area (Å²) in [5.41, 5.74) is 3.44. The predicted octanol–water partition coefficient (Wildman–Crippen LogP) is 4.10. The Bertz CT molecular complexity index is 513. The number of benzene rings is 2. The van der Waals surface area contributed by atoms with E-state index < -0.39 is 0 Å². The zero-order chi connectivity index (χ0) is 12.8. The Morgan fingerprint density at radius 3 is 2.61 bits per heavy atom. The van der Waals surface area contributed by atoms with Crippen molar-refractivity contribution in [1.29, 1.82) is 0 Å². The largest absolute Gasteiger partial charge is 0.381 e. The van der Waals surface area contributed by atoms with Gasteiger partial charge in [-0.2, -0.15) is 0 Å².